The third-order valence-electron chi connectivity index (χ3n) is 9.57. The summed E-state index contributed by atoms with van der Waals surface area (Å²) in [4.78, 5) is 70.6. The van der Waals surface area contributed by atoms with Crippen molar-refractivity contribution in [1.82, 2.24) is 35.9 Å². The molecule has 54 heavy (non-hydrogen) atoms. The topological polar surface area (TPSA) is 173 Å². The first-order chi connectivity index (χ1) is 25.8. The lowest BCUT2D eigenvalue weighted by Gasteiger charge is -2.29. The highest BCUT2D eigenvalue weighted by molar-refractivity contribution is 5.98. The number of carbonyl (C=O) groups excluding carboxylic acids is 5. The largest absolute Gasteiger partial charge is 0.497 e. The molecule has 1 fully saturated rings. The Hall–Kier alpha value is -5.40. The van der Waals surface area contributed by atoms with Crippen molar-refractivity contribution in [3.63, 3.8) is 0 Å². The van der Waals surface area contributed by atoms with E-state index in [1.165, 1.54) is 9.58 Å². The van der Waals surface area contributed by atoms with Gasteiger partial charge in [0.15, 0.2) is 0 Å². The molecule has 4 N–H and O–H groups in total. The van der Waals surface area contributed by atoms with Gasteiger partial charge in [0.2, 0.25) is 23.6 Å². The Morgan fingerprint density at radius 3 is 2.31 bits per heavy atom. The summed E-state index contributed by atoms with van der Waals surface area (Å²) in [6, 6.07) is 12.4. The number of aryl methyl sites for hydroxylation is 2. The van der Waals surface area contributed by atoms with E-state index in [1.54, 1.807) is 70.5 Å². The molecular formula is C40H53N7O7. The summed E-state index contributed by atoms with van der Waals surface area (Å²) >= 11 is 0. The molecule has 290 valence electrons. The molecule has 0 saturated heterocycles. The fourth-order valence-corrected chi connectivity index (χ4v) is 6.58. The number of methoxy groups -OCH3 is 1. The Kier molecular flexibility index (Phi) is 13.3. The van der Waals surface area contributed by atoms with E-state index in [-0.39, 0.29) is 55.5 Å². The maximum Gasteiger partial charge on any atom is 0.270 e. The van der Waals surface area contributed by atoms with E-state index in [0.717, 1.165) is 24.0 Å². The Morgan fingerprint density at radius 1 is 1.00 bits per heavy atom. The maximum absolute atomic E-state index is 14.2. The van der Waals surface area contributed by atoms with Crippen LogP contribution in [-0.2, 0) is 39.1 Å². The Balaban J connectivity index is 1.48. The summed E-state index contributed by atoms with van der Waals surface area (Å²) in [5.74, 6) is -0.628. The third kappa shape index (κ3) is 11.3. The Labute approximate surface area is 316 Å². The third-order valence-corrected chi connectivity index (χ3v) is 9.57. The number of rotatable bonds is 9. The first-order valence-corrected chi connectivity index (χ1v) is 18.6. The number of nitrogens with one attached hydrogen (secondary N) is 4. The number of nitrogens with zero attached hydrogens (tertiary/aromatic N) is 3. The number of ether oxygens (including phenoxy) is 2. The predicted octanol–water partition coefficient (Wildman–Crippen LogP) is 2.47. The smallest absolute Gasteiger partial charge is 0.270 e. The minimum Gasteiger partial charge on any atom is -0.497 e. The zero-order valence-electron chi connectivity index (χ0n) is 32.0. The summed E-state index contributed by atoms with van der Waals surface area (Å²) in [7, 11) is 3.20. The highest BCUT2D eigenvalue weighted by Crippen LogP contribution is 2.30. The highest BCUT2D eigenvalue weighted by atomic mass is 16.5. The van der Waals surface area contributed by atoms with E-state index in [4.69, 9.17) is 9.47 Å². The van der Waals surface area contributed by atoms with Crippen LogP contribution in [0.1, 0.15) is 67.3 Å². The van der Waals surface area contributed by atoms with Gasteiger partial charge in [0, 0.05) is 26.4 Å². The number of hydrogen-bond acceptors (Lipinski definition) is 8. The number of aromatic nitrogens is 2. The average Bonchev–Trinajstić information content (AvgIpc) is 3.89. The van der Waals surface area contributed by atoms with Gasteiger partial charge in [0.05, 0.1) is 25.4 Å². The molecule has 5 amide bonds. The molecule has 4 atom stereocenters. The molecule has 1 aliphatic carbocycles. The van der Waals surface area contributed by atoms with E-state index in [9.17, 15) is 24.0 Å². The van der Waals surface area contributed by atoms with Gasteiger partial charge in [0.25, 0.3) is 5.91 Å². The van der Waals surface area contributed by atoms with Crippen molar-refractivity contribution in [2.24, 2.45) is 18.9 Å². The minimum absolute atomic E-state index is 0.0849. The molecule has 1 saturated carbocycles. The van der Waals surface area contributed by atoms with Crippen LogP contribution in [0.5, 0.6) is 11.5 Å². The lowest BCUT2D eigenvalue weighted by Crippen LogP contribution is -2.58. The van der Waals surface area contributed by atoms with Gasteiger partial charge in [-0.2, -0.15) is 5.10 Å². The molecule has 3 heterocycles. The molecule has 2 aliphatic heterocycles. The monoisotopic (exact) mass is 743 g/mol. The number of carbonyl (C=O) groups is 5. The van der Waals surface area contributed by atoms with Crippen LogP contribution in [0.2, 0.25) is 0 Å². The number of hydrogen-bond donors (Lipinski definition) is 4. The van der Waals surface area contributed by atoms with Gasteiger partial charge >= 0.3 is 0 Å². The van der Waals surface area contributed by atoms with Crippen LogP contribution < -0.4 is 30.7 Å². The van der Waals surface area contributed by atoms with Crippen LogP contribution in [-0.4, -0.2) is 95.2 Å². The van der Waals surface area contributed by atoms with E-state index >= 15 is 0 Å². The Bertz CT molecular complexity index is 1790. The molecule has 2 bridgehead atoms. The second kappa shape index (κ2) is 18.1. The van der Waals surface area contributed by atoms with E-state index < -0.39 is 41.8 Å². The fraction of sp³-hybridized carbons (Fsp3) is 0.500. The normalized spacial score (nSPS) is 21.9. The van der Waals surface area contributed by atoms with E-state index in [1.807, 2.05) is 12.1 Å². The molecule has 0 unspecified atom stereocenters. The molecular weight excluding hydrogens is 690 g/mol. The number of benzene rings is 2. The molecule has 14 nitrogen and oxygen atoms in total. The predicted molar refractivity (Wildman–Crippen MR) is 202 cm³/mol. The zero-order chi connectivity index (χ0) is 38.9. The average molecular weight is 744 g/mol. The first-order valence-electron chi connectivity index (χ1n) is 18.6. The van der Waals surface area contributed by atoms with Gasteiger partial charge in [-0.25, -0.2) is 0 Å². The van der Waals surface area contributed by atoms with Crippen LogP contribution >= 0.6 is 0 Å². The molecule has 1 aromatic heterocycles. The number of amides is 5. The molecule has 2 aromatic carbocycles. The summed E-state index contributed by atoms with van der Waals surface area (Å²) in [5.41, 5.74) is 2.38. The summed E-state index contributed by atoms with van der Waals surface area (Å²) in [5, 5.41) is 15.9. The SMILES string of the molecule is COc1ccc(C[C@@H]2NC(=O)[C@@H](NC(=O)c3cc(C)nn3C)Cc3ccc(cc3)OC[C@H](CC(C)C)NC(=O)CN(CC3CC3)C(=O)[C@@H](C)NC2=O)cc1. The van der Waals surface area contributed by atoms with Crippen LogP contribution in [0.3, 0.4) is 0 Å². The van der Waals surface area contributed by atoms with E-state index in [0.29, 0.717) is 30.2 Å². The first kappa shape index (κ1) is 39.8. The van der Waals surface area contributed by atoms with E-state index in [2.05, 4.69) is 40.2 Å². The van der Waals surface area contributed by atoms with Crippen LogP contribution in [0.15, 0.2) is 54.6 Å². The molecule has 14 heteroatoms. The van der Waals surface area contributed by atoms with Crippen molar-refractivity contribution in [2.75, 3.05) is 26.8 Å². The lowest BCUT2D eigenvalue weighted by atomic mass is 10.0. The van der Waals surface area contributed by atoms with Crippen molar-refractivity contribution >= 4 is 29.5 Å². The zero-order valence-corrected chi connectivity index (χ0v) is 32.0. The lowest BCUT2D eigenvalue weighted by molar-refractivity contribution is -0.140. The van der Waals surface area contributed by atoms with Gasteiger partial charge < -0.3 is 35.6 Å². The van der Waals surface area contributed by atoms with Crippen molar-refractivity contribution in [3.05, 3.63) is 77.1 Å². The van der Waals surface area contributed by atoms with Crippen molar-refractivity contribution < 1.29 is 33.4 Å². The maximum atomic E-state index is 14.2. The summed E-state index contributed by atoms with van der Waals surface area (Å²) < 4.78 is 12.9. The molecule has 0 spiro atoms. The highest BCUT2D eigenvalue weighted by Gasteiger charge is 2.34. The van der Waals surface area contributed by atoms with Crippen molar-refractivity contribution in [3.8, 4) is 11.5 Å². The summed E-state index contributed by atoms with van der Waals surface area (Å²) in [6.45, 7) is 7.92. The fourth-order valence-electron chi connectivity index (χ4n) is 6.58. The standard InChI is InChI=1S/C40H53N7O7/c1-24(2)17-30-23-54-32-15-11-28(12-16-32)20-34(44-39(51)35-18-25(3)45-46(35)5)38(50)43-33(19-27-9-13-31(53-6)14-10-27)37(49)41-26(4)40(52)47(21-29-7-8-29)22-36(48)42-30/h9-16,18,24,26,29-30,33-34H,7-8,17,19-23H2,1-6H3,(H,41,49)(H,42,48)(H,43,50)(H,44,51)/t26-,30+,33+,34+/m1/s1. The molecule has 6 rings (SSSR count). The molecule has 0 radical (unpaired) electrons. The molecule has 3 aliphatic rings. The van der Waals surface area contributed by atoms with Crippen LogP contribution in [0, 0.1) is 18.8 Å². The van der Waals surface area contributed by atoms with Gasteiger partial charge in [0.1, 0.15) is 41.9 Å². The quantitative estimate of drug-likeness (QED) is 0.242. The van der Waals surface area contributed by atoms with Gasteiger partial charge in [-0.3, -0.25) is 28.7 Å². The minimum atomic E-state index is -1.13. The Morgan fingerprint density at radius 2 is 1.70 bits per heavy atom. The van der Waals surface area contributed by atoms with Gasteiger partial charge in [-0.05, 0) is 86.4 Å². The van der Waals surface area contributed by atoms with Crippen molar-refractivity contribution in [2.45, 2.75) is 84.0 Å². The van der Waals surface area contributed by atoms with Crippen LogP contribution in [0.4, 0.5) is 0 Å². The second-order valence-corrected chi connectivity index (χ2v) is 14.9. The summed E-state index contributed by atoms with van der Waals surface area (Å²) in [6.07, 6.45) is 2.77. The number of fused-ring (bicyclic) bond motifs is 17. The second-order valence-electron chi connectivity index (χ2n) is 14.9. The van der Waals surface area contributed by atoms with Gasteiger partial charge in [-0.1, -0.05) is 38.1 Å². The van der Waals surface area contributed by atoms with Gasteiger partial charge in [-0.15, -0.1) is 0 Å². The van der Waals surface area contributed by atoms with Crippen molar-refractivity contribution in [1.29, 1.82) is 0 Å². The molecule has 3 aromatic rings. The van der Waals surface area contributed by atoms with Crippen LogP contribution in [0.25, 0.3) is 0 Å².